The highest BCUT2D eigenvalue weighted by atomic mass is 31.1. The summed E-state index contributed by atoms with van der Waals surface area (Å²) in [6.45, 7) is -0.252. The molecule has 3 unspecified atom stereocenters. The number of hydrogen-bond acceptors (Lipinski definition) is 12. The number of nitrogens with one attached hydrogen (secondary N) is 1. The minimum Gasteiger partial charge on any atom is -0.383 e. The van der Waals surface area contributed by atoms with E-state index >= 15 is 8.78 Å². The van der Waals surface area contributed by atoms with Gasteiger partial charge in [0.15, 0.2) is 42.1 Å². The first-order valence-electron chi connectivity index (χ1n) is 12.7. The van der Waals surface area contributed by atoms with Crippen molar-refractivity contribution in [1.82, 2.24) is 34.1 Å². The largest absolute Gasteiger partial charge is 0.698 e. The van der Waals surface area contributed by atoms with E-state index in [1.165, 1.54) is 17.2 Å². The van der Waals surface area contributed by atoms with Crippen LogP contribution in [0.4, 0.5) is 20.5 Å². The summed E-state index contributed by atoms with van der Waals surface area (Å²) in [5.74, 6) is -0.541. The van der Waals surface area contributed by atoms with Gasteiger partial charge in [-0.3, -0.25) is 14.3 Å². The Bertz CT molecular complexity index is 1700. The lowest BCUT2D eigenvalue weighted by atomic mass is 10.0. The topological polar surface area (TPSA) is 200 Å². The Balaban J connectivity index is 1.14. The van der Waals surface area contributed by atoms with Crippen molar-refractivity contribution in [1.29, 1.82) is 0 Å². The Morgan fingerprint density at radius 1 is 1.05 bits per heavy atom. The van der Waals surface area contributed by atoms with Crippen molar-refractivity contribution in [3.05, 3.63) is 35.3 Å². The summed E-state index contributed by atoms with van der Waals surface area (Å²) < 4.78 is 70.4. The van der Waals surface area contributed by atoms with Crippen molar-refractivity contribution in [3.8, 4) is 0 Å². The number of alkyl halides is 2. The molecular formula is C22H24F2N9O6P2+. The van der Waals surface area contributed by atoms with Crippen LogP contribution in [0.3, 0.4) is 0 Å². The highest BCUT2D eigenvalue weighted by Crippen LogP contribution is 2.46. The molecule has 3 aliphatic heterocycles. The third-order valence-electron chi connectivity index (χ3n) is 7.55. The average molecular weight is 610 g/mol. The molecule has 0 spiro atoms. The molecule has 4 aromatic rings. The van der Waals surface area contributed by atoms with Crippen LogP contribution in [0.1, 0.15) is 12.5 Å². The Kier molecular flexibility index (Phi) is 6.68. The molecule has 0 aromatic carbocycles. The normalized spacial score (nSPS) is 34.1. The second-order valence-electron chi connectivity index (χ2n) is 9.92. The first-order valence-corrected chi connectivity index (χ1v) is 15.2. The van der Waals surface area contributed by atoms with Gasteiger partial charge in [0.1, 0.15) is 24.4 Å². The highest BCUT2D eigenvalue weighted by Gasteiger charge is 2.54. The third kappa shape index (κ3) is 4.47. The first-order chi connectivity index (χ1) is 19.8. The molecule has 2 bridgehead atoms. The molecule has 10 atom stereocenters. The van der Waals surface area contributed by atoms with Gasteiger partial charge in [-0.2, -0.15) is 4.98 Å². The van der Waals surface area contributed by atoms with Crippen LogP contribution in [-0.4, -0.2) is 83.6 Å². The summed E-state index contributed by atoms with van der Waals surface area (Å²) in [5.41, 5.74) is 11.5. The molecule has 216 valence electrons. The molecule has 0 aliphatic carbocycles. The standard InChI is InChI=1S/C22H23F2N9O6P2/c23-12-9-4-40-5-11-13(24)15(21(38-11)33-7-29-14-18(33)30-22(26)31-19(14)34)39-41(35)36-3-10(9)37-20(12)32-2-1-8-16(25)27-6-28-17(8)32/h1-2,6-7,9-13,15,20-21,40H,3-5H2,(H4-,25,26,27,28,30,31,34)/p+1/t9-,10-,11?,12+,13+,15-,20-,21-/m1/s1. The molecule has 15 nitrogen and oxygen atoms in total. The van der Waals surface area contributed by atoms with Crippen molar-refractivity contribution in [2.75, 3.05) is 30.4 Å². The van der Waals surface area contributed by atoms with Gasteiger partial charge in [-0.15, -0.1) is 17.6 Å². The monoisotopic (exact) mass is 610 g/mol. The molecule has 0 amide bonds. The van der Waals surface area contributed by atoms with Crippen LogP contribution in [0.5, 0.6) is 0 Å². The summed E-state index contributed by atoms with van der Waals surface area (Å²) in [4.78, 5) is 30.9. The second-order valence-corrected chi connectivity index (χ2v) is 12.2. The fourth-order valence-electron chi connectivity index (χ4n) is 5.57. The summed E-state index contributed by atoms with van der Waals surface area (Å²) in [6, 6.07) is 1.68. The average Bonchev–Trinajstić information content (AvgIpc) is 3.69. The van der Waals surface area contributed by atoms with E-state index in [0.717, 1.165) is 0 Å². The SMILES string of the molecule is Nc1nc2c(ncn2[C@@H]2OC3CPC[C@H]4[C@H](F)[C@H](n5ccc6c(N)ncnc65)O[C@@H]4CO[P+](=O)O[C@@H]2[C@H]3F)c(=O)[nH]1. The van der Waals surface area contributed by atoms with Crippen LogP contribution in [0.15, 0.2) is 29.7 Å². The lowest BCUT2D eigenvalue weighted by molar-refractivity contribution is -0.0400. The van der Waals surface area contributed by atoms with Gasteiger partial charge in [-0.05, 0) is 18.4 Å². The van der Waals surface area contributed by atoms with Crippen LogP contribution in [0.25, 0.3) is 22.2 Å². The van der Waals surface area contributed by atoms with Gasteiger partial charge in [0.05, 0.1) is 23.9 Å². The summed E-state index contributed by atoms with van der Waals surface area (Å²) in [5, 5.41) is 0.564. The molecular weight excluding hydrogens is 586 g/mol. The minimum atomic E-state index is -2.88. The lowest BCUT2D eigenvalue weighted by Gasteiger charge is -2.19. The number of imidazole rings is 1. The molecule has 19 heteroatoms. The van der Waals surface area contributed by atoms with Crippen molar-refractivity contribution >= 4 is 50.8 Å². The molecule has 3 fully saturated rings. The number of nitrogens with two attached hydrogens (primary N) is 2. The van der Waals surface area contributed by atoms with E-state index < -0.39 is 62.8 Å². The van der Waals surface area contributed by atoms with E-state index in [1.54, 1.807) is 16.8 Å². The van der Waals surface area contributed by atoms with Crippen molar-refractivity contribution < 1.29 is 31.9 Å². The maximum atomic E-state index is 15.9. The minimum absolute atomic E-state index is 0.0287. The Hall–Kier alpha value is -3.20. The Labute approximate surface area is 231 Å². The maximum absolute atomic E-state index is 15.9. The molecule has 7 heterocycles. The number of aromatic nitrogens is 7. The summed E-state index contributed by atoms with van der Waals surface area (Å²) >= 11 is 0. The van der Waals surface area contributed by atoms with Gasteiger partial charge in [-0.25, -0.2) is 23.7 Å². The van der Waals surface area contributed by atoms with E-state index in [4.69, 9.17) is 30.0 Å². The maximum Gasteiger partial charge on any atom is 0.698 e. The molecule has 5 N–H and O–H groups in total. The number of nitrogen functional groups attached to an aromatic ring is 2. The fourth-order valence-corrected chi connectivity index (χ4v) is 7.92. The number of H-pyrrole nitrogens is 1. The van der Waals surface area contributed by atoms with Crippen molar-refractivity contribution in [2.45, 2.75) is 43.1 Å². The molecule has 0 radical (unpaired) electrons. The van der Waals surface area contributed by atoms with E-state index in [9.17, 15) is 9.36 Å². The summed E-state index contributed by atoms with van der Waals surface area (Å²) in [7, 11) is -2.78. The number of hydrogen-bond donors (Lipinski definition) is 3. The number of fused-ring (bicyclic) bond motifs is 5. The van der Waals surface area contributed by atoms with E-state index in [1.807, 2.05) is 0 Å². The van der Waals surface area contributed by atoms with Gasteiger partial charge in [0, 0.05) is 16.7 Å². The van der Waals surface area contributed by atoms with E-state index in [0.29, 0.717) is 17.2 Å². The third-order valence-corrected chi connectivity index (χ3v) is 9.78. The van der Waals surface area contributed by atoms with Gasteiger partial charge in [-0.1, -0.05) is 0 Å². The zero-order chi connectivity index (χ0) is 28.4. The smallest absolute Gasteiger partial charge is 0.383 e. The van der Waals surface area contributed by atoms with Crippen LogP contribution < -0.4 is 17.0 Å². The van der Waals surface area contributed by atoms with Crippen LogP contribution >= 0.6 is 16.8 Å². The Morgan fingerprint density at radius 2 is 1.88 bits per heavy atom. The van der Waals surface area contributed by atoms with Crippen molar-refractivity contribution in [3.63, 3.8) is 0 Å². The van der Waals surface area contributed by atoms with E-state index in [-0.39, 0.29) is 44.3 Å². The Morgan fingerprint density at radius 3 is 2.73 bits per heavy atom. The van der Waals surface area contributed by atoms with Gasteiger partial charge >= 0.3 is 8.25 Å². The molecule has 41 heavy (non-hydrogen) atoms. The van der Waals surface area contributed by atoms with Crippen molar-refractivity contribution in [2.24, 2.45) is 5.92 Å². The van der Waals surface area contributed by atoms with Gasteiger partial charge in [0.25, 0.3) is 5.56 Å². The number of halogens is 2. The number of aromatic amines is 1. The fraction of sp³-hybridized carbons (Fsp3) is 0.500. The zero-order valence-electron chi connectivity index (χ0n) is 21.0. The number of anilines is 2. The predicted octanol–water partition coefficient (Wildman–Crippen LogP) is 1.57. The number of ether oxygens (including phenoxy) is 2. The quantitative estimate of drug-likeness (QED) is 0.277. The molecule has 3 saturated heterocycles. The van der Waals surface area contributed by atoms with E-state index in [2.05, 4.69) is 24.9 Å². The predicted molar refractivity (Wildman–Crippen MR) is 142 cm³/mol. The molecule has 0 saturated carbocycles. The summed E-state index contributed by atoms with van der Waals surface area (Å²) in [6.07, 6.45) is -3.68. The number of nitrogens with zero attached hydrogens (tertiary/aromatic N) is 6. The van der Waals surface area contributed by atoms with Crippen LogP contribution in [0.2, 0.25) is 0 Å². The lowest BCUT2D eigenvalue weighted by Crippen LogP contribution is -2.32. The second kappa shape index (κ2) is 10.3. The van der Waals surface area contributed by atoms with Gasteiger partial charge in [0.2, 0.25) is 5.95 Å². The van der Waals surface area contributed by atoms with Gasteiger partial charge < -0.3 is 25.5 Å². The zero-order valence-corrected chi connectivity index (χ0v) is 22.9. The first kappa shape index (κ1) is 26.7. The molecule has 7 rings (SSSR count). The number of rotatable bonds is 2. The van der Waals surface area contributed by atoms with Crippen LogP contribution in [0, 0.1) is 5.92 Å². The molecule has 3 aliphatic rings. The molecule has 4 aromatic heterocycles. The highest BCUT2D eigenvalue weighted by molar-refractivity contribution is 7.38. The van der Waals surface area contributed by atoms with Crippen LogP contribution in [-0.2, 0) is 23.1 Å².